The van der Waals surface area contributed by atoms with Gasteiger partial charge in [-0.1, -0.05) is 43.2 Å². The van der Waals surface area contributed by atoms with Gasteiger partial charge >= 0.3 is 0 Å². The Bertz CT molecular complexity index is 644. The summed E-state index contributed by atoms with van der Waals surface area (Å²) >= 11 is 0. The van der Waals surface area contributed by atoms with Crippen LogP contribution in [0.3, 0.4) is 0 Å². The number of rotatable bonds is 2. The molecule has 4 heteroatoms. The van der Waals surface area contributed by atoms with Crippen LogP contribution in [0.5, 0.6) is 0 Å². The first-order valence-electron chi connectivity index (χ1n) is 8.46. The van der Waals surface area contributed by atoms with Gasteiger partial charge in [-0.2, -0.15) is 0 Å². The smallest absolute Gasteiger partial charge is 0.143 e. The third-order valence-corrected chi connectivity index (χ3v) is 5.28. The van der Waals surface area contributed by atoms with Gasteiger partial charge in [-0.25, -0.2) is 0 Å². The predicted molar refractivity (Wildman–Crippen MR) is 84.7 cm³/mol. The fourth-order valence-corrected chi connectivity index (χ4v) is 4.07. The van der Waals surface area contributed by atoms with Crippen LogP contribution >= 0.6 is 0 Å². The van der Waals surface area contributed by atoms with Crippen LogP contribution in [-0.4, -0.2) is 26.0 Å². The zero-order chi connectivity index (χ0) is 15.0. The highest BCUT2D eigenvalue weighted by atomic mass is 16.3. The summed E-state index contributed by atoms with van der Waals surface area (Å²) in [7, 11) is 0. The fraction of sp³-hybridized carbons (Fsp3) is 0.556. The molecule has 0 saturated heterocycles. The van der Waals surface area contributed by atoms with Crippen LogP contribution in [0, 0.1) is 0 Å². The highest BCUT2D eigenvalue weighted by Gasteiger charge is 2.50. The predicted octanol–water partition coefficient (Wildman–Crippen LogP) is 2.84. The third-order valence-electron chi connectivity index (χ3n) is 5.28. The van der Waals surface area contributed by atoms with Crippen LogP contribution in [-0.2, 0) is 18.4 Å². The molecule has 2 aliphatic rings. The van der Waals surface area contributed by atoms with Crippen molar-refractivity contribution in [2.24, 2.45) is 0 Å². The summed E-state index contributed by atoms with van der Waals surface area (Å²) in [5.41, 5.74) is 1.11. The Kier molecular flexibility index (Phi) is 3.49. The quantitative estimate of drug-likeness (QED) is 0.927. The zero-order valence-corrected chi connectivity index (χ0v) is 12.9. The molecule has 4 rings (SSSR count). The molecule has 1 fully saturated rings. The molecule has 0 amide bonds. The SMILES string of the molecule is OC1CC(c2ccccc2)(c2nnc3n2CCCCCC3)C1. The highest BCUT2D eigenvalue weighted by Crippen LogP contribution is 2.48. The first-order valence-corrected chi connectivity index (χ1v) is 8.46. The maximum Gasteiger partial charge on any atom is 0.143 e. The van der Waals surface area contributed by atoms with Crippen molar-refractivity contribution in [2.45, 2.75) is 63.0 Å². The molecule has 1 saturated carbocycles. The van der Waals surface area contributed by atoms with Gasteiger partial charge in [0.15, 0.2) is 0 Å². The molecule has 1 aliphatic heterocycles. The average molecular weight is 297 g/mol. The molecule has 2 heterocycles. The summed E-state index contributed by atoms with van der Waals surface area (Å²) in [6.45, 7) is 1.02. The van der Waals surface area contributed by atoms with Crippen molar-refractivity contribution >= 4 is 0 Å². The van der Waals surface area contributed by atoms with Gasteiger partial charge in [-0.3, -0.25) is 0 Å². The number of aliphatic hydroxyl groups is 1. The lowest BCUT2D eigenvalue weighted by Crippen LogP contribution is -2.47. The number of hydrogen-bond acceptors (Lipinski definition) is 3. The van der Waals surface area contributed by atoms with E-state index in [1.165, 1.54) is 31.2 Å². The Morgan fingerprint density at radius 1 is 1.00 bits per heavy atom. The van der Waals surface area contributed by atoms with Crippen molar-refractivity contribution in [3.05, 3.63) is 47.5 Å². The van der Waals surface area contributed by atoms with Crippen LogP contribution in [0.15, 0.2) is 30.3 Å². The Labute approximate surface area is 131 Å². The molecule has 0 atom stereocenters. The van der Waals surface area contributed by atoms with Crippen LogP contribution in [0.25, 0.3) is 0 Å². The van der Waals surface area contributed by atoms with Gasteiger partial charge in [-0.15, -0.1) is 10.2 Å². The molecule has 4 nitrogen and oxygen atoms in total. The first-order chi connectivity index (χ1) is 10.8. The maximum absolute atomic E-state index is 9.99. The van der Waals surface area contributed by atoms with Gasteiger partial charge < -0.3 is 9.67 Å². The largest absolute Gasteiger partial charge is 0.393 e. The molecular weight excluding hydrogens is 274 g/mol. The van der Waals surface area contributed by atoms with Crippen molar-refractivity contribution in [3.8, 4) is 0 Å². The lowest BCUT2D eigenvalue weighted by atomic mass is 9.62. The van der Waals surface area contributed by atoms with Crippen molar-refractivity contribution in [1.82, 2.24) is 14.8 Å². The number of hydrogen-bond donors (Lipinski definition) is 1. The van der Waals surface area contributed by atoms with Gasteiger partial charge in [0.2, 0.25) is 0 Å². The van der Waals surface area contributed by atoms with Gasteiger partial charge in [0.1, 0.15) is 11.6 Å². The number of aryl methyl sites for hydroxylation is 1. The van der Waals surface area contributed by atoms with E-state index < -0.39 is 0 Å². The minimum atomic E-state index is -0.221. The summed E-state index contributed by atoms with van der Waals surface area (Å²) in [6.07, 6.45) is 7.32. The van der Waals surface area contributed by atoms with Crippen molar-refractivity contribution < 1.29 is 5.11 Å². The Morgan fingerprint density at radius 3 is 2.55 bits per heavy atom. The second-order valence-electron chi connectivity index (χ2n) is 6.77. The van der Waals surface area contributed by atoms with E-state index in [0.29, 0.717) is 0 Å². The summed E-state index contributed by atoms with van der Waals surface area (Å²) in [5.74, 6) is 2.20. The molecule has 0 spiro atoms. The molecule has 0 radical (unpaired) electrons. The molecule has 22 heavy (non-hydrogen) atoms. The second-order valence-corrected chi connectivity index (χ2v) is 6.77. The van der Waals surface area contributed by atoms with Crippen molar-refractivity contribution in [3.63, 3.8) is 0 Å². The molecule has 1 aromatic heterocycles. The van der Waals surface area contributed by atoms with E-state index in [1.54, 1.807) is 0 Å². The average Bonchev–Trinajstić information content (AvgIpc) is 2.86. The summed E-state index contributed by atoms with van der Waals surface area (Å²) in [4.78, 5) is 0. The van der Waals surface area contributed by atoms with Crippen molar-refractivity contribution in [1.29, 1.82) is 0 Å². The molecule has 1 aliphatic carbocycles. The number of fused-ring (bicyclic) bond motifs is 1. The first kappa shape index (κ1) is 13.9. The van der Waals surface area contributed by atoms with Crippen LogP contribution in [0.1, 0.15) is 55.7 Å². The van der Waals surface area contributed by atoms with E-state index in [-0.39, 0.29) is 11.5 Å². The fourth-order valence-electron chi connectivity index (χ4n) is 4.07. The van der Waals surface area contributed by atoms with Gasteiger partial charge in [0, 0.05) is 13.0 Å². The number of benzene rings is 1. The normalized spacial score (nSPS) is 28.3. The summed E-state index contributed by atoms with van der Waals surface area (Å²) < 4.78 is 2.35. The molecule has 0 bridgehead atoms. The van der Waals surface area contributed by atoms with Crippen LogP contribution < -0.4 is 0 Å². The molecule has 0 unspecified atom stereocenters. The minimum absolute atomic E-state index is 0.148. The lowest BCUT2D eigenvalue weighted by Gasteiger charge is -2.45. The monoisotopic (exact) mass is 297 g/mol. The Morgan fingerprint density at radius 2 is 1.77 bits per heavy atom. The zero-order valence-electron chi connectivity index (χ0n) is 12.9. The van der Waals surface area contributed by atoms with E-state index in [0.717, 1.165) is 37.5 Å². The van der Waals surface area contributed by atoms with Gasteiger partial charge in [0.25, 0.3) is 0 Å². The van der Waals surface area contributed by atoms with Crippen LogP contribution in [0.2, 0.25) is 0 Å². The summed E-state index contributed by atoms with van der Waals surface area (Å²) in [5, 5.41) is 19.1. The van der Waals surface area contributed by atoms with Crippen molar-refractivity contribution in [2.75, 3.05) is 0 Å². The maximum atomic E-state index is 9.99. The number of aliphatic hydroxyl groups excluding tert-OH is 1. The van der Waals surface area contributed by atoms with Gasteiger partial charge in [-0.05, 0) is 31.2 Å². The lowest BCUT2D eigenvalue weighted by molar-refractivity contribution is 0.0317. The molecule has 116 valence electrons. The molecular formula is C18H23N3O. The van der Waals surface area contributed by atoms with Crippen LogP contribution in [0.4, 0.5) is 0 Å². The summed E-state index contributed by atoms with van der Waals surface area (Å²) in [6, 6.07) is 10.5. The van der Waals surface area contributed by atoms with Gasteiger partial charge in [0.05, 0.1) is 11.5 Å². The molecule has 1 N–H and O–H groups in total. The van der Waals surface area contributed by atoms with E-state index in [1.807, 2.05) is 6.07 Å². The number of aromatic nitrogens is 3. The van der Waals surface area contributed by atoms with E-state index in [2.05, 4.69) is 39.0 Å². The molecule has 2 aromatic rings. The van der Waals surface area contributed by atoms with E-state index in [4.69, 9.17) is 0 Å². The Balaban J connectivity index is 1.78. The minimum Gasteiger partial charge on any atom is -0.393 e. The standard InChI is InChI=1S/C18H23N3O/c22-15-12-18(13-15,14-8-4-3-5-9-14)17-20-19-16-10-6-1-2-7-11-21(16)17/h3-5,8-9,15,22H,1-2,6-7,10-13H2. The number of nitrogens with zero attached hydrogens (tertiary/aromatic N) is 3. The van der Waals surface area contributed by atoms with E-state index >= 15 is 0 Å². The third kappa shape index (κ3) is 2.17. The van der Waals surface area contributed by atoms with E-state index in [9.17, 15) is 5.11 Å². The molecule has 1 aromatic carbocycles. The second kappa shape index (κ2) is 5.51. The highest BCUT2D eigenvalue weighted by molar-refractivity contribution is 5.37. The topological polar surface area (TPSA) is 50.9 Å². The Hall–Kier alpha value is -1.68.